The summed E-state index contributed by atoms with van der Waals surface area (Å²) in [5, 5.41) is 2.97. The molecule has 0 bridgehead atoms. The Balaban J connectivity index is 1.78. The van der Waals surface area contributed by atoms with Gasteiger partial charge < -0.3 is 5.32 Å². The van der Waals surface area contributed by atoms with Gasteiger partial charge in [-0.2, -0.15) is 0 Å². The highest BCUT2D eigenvalue weighted by molar-refractivity contribution is 7.92. The molecule has 3 rings (SSSR count). The smallest absolute Gasteiger partial charge is 0.251 e. The molecule has 1 N–H and O–H groups in total. The van der Waals surface area contributed by atoms with Gasteiger partial charge in [0.25, 0.3) is 5.91 Å². The summed E-state index contributed by atoms with van der Waals surface area (Å²) in [7, 11) is -3.27. The summed E-state index contributed by atoms with van der Waals surface area (Å²) in [6, 6.07) is 14.8. The van der Waals surface area contributed by atoms with Gasteiger partial charge in [0.1, 0.15) is 0 Å². The highest BCUT2D eigenvalue weighted by atomic mass is 32.2. The minimum Gasteiger partial charge on any atom is -0.346 e. The Morgan fingerprint density at radius 1 is 1.17 bits per heavy atom. The molecule has 1 heterocycles. The molecule has 0 saturated heterocycles. The number of amides is 1. The van der Waals surface area contributed by atoms with Crippen LogP contribution in [0.3, 0.4) is 0 Å². The first-order valence-electron chi connectivity index (χ1n) is 7.83. The summed E-state index contributed by atoms with van der Waals surface area (Å²) in [6.07, 6.45) is 1.82. The van der Waals surface area contributed by atoms with Crippen LogP contribution >= 0.6 is 0 Å². The van der Waals surface area contributed by atoms with E-state index in [1.54, 1.807) is 18.2 Å². The number of nitrogens with one attached hydrogen (secondary N) is 1. The molecular formula is C18H20N2O3S. The summed E-state index contributed by atoms with van der Waals surface area (Å²) in [5.41, 5.74) is 3.15. The SMILES string of the molecule is C[C@@H](NC(=O)c1ccc2c(c1)CCN2S(C)(=O)=O)c1ccccc1. The van der Waals surface area contributed by atoms with E-state index < -0.39 is 10.0 Å². The number of carbonyl (C=O) groups is 1. The van der Waals surface area contributed by atoms with Gasteiger partial charge in [0.05, 0.1) is 18.0 Å². The maximum atomic E-state index is 12.5. The maximum Gasteiger partial charge on any atom is 0.251 e. The first kappa shape index (κ1) is 16.5. The fraction of sp³-hybridized carbons (Fsp3) is 0.278. The topological polar surface area (TPSA) is 66.5 Å². The van der Waals surface area contributed by atoms with Gasteiger partial charge >= 0.3 is 0 Å². The van der Waals surface area contributed by atoms with E-state index in [0.29, 0.717) is 24.2 Å². The highest BCUT2D eigenvalue weighted by Crippen LogP contribution is 2.30. The number of anilines is 1. The van der Waals surface area contributed by atoms with Crippen molar-refractivity contribution in [2.24, 2.45) is 0 Å². The number of hydrogen-bond donors (Lipinski definition) is 1. The Kier molecular flexibility index (Phi) is 4.32. The van der Waals surface area contributed by atoms with Crippen LogP contribution in [-0.4, -0.2) is 27.1 Å². The second kappa shape index (κ2) is 6.28. The second-order valence-electron chi connectivity index (χ2n) is 6.03. The molecule has 0 saturated carbocycles. The van der Waals surface area contributed by atoms with Crippen molar-refractivity contribution in [2.45, 2.75) is 19.4 Å². The molecule has 2 aromatic carbocycles. The monoisotopic (exact) mass is 344 g/mol. The van der Waals surface area contributed by atoms with E-state index in [1.807, 2.05) is 37.3 Å². The van der Waals surface area contributed by atoms with Gasteiger partial charge in [-0.1, -0.05) is 30.3 Å². The van der Waals surface area contributed by atoms with Crippen molar-refractivity contribution < 1.29 is 13.2 Å². The first-order valence-corrected chi connectivity index (χ1v) is 9.67. The second-order valence-corrected chi connectivity index (χ2v) is 7.94. The van der Waals surface area contributed by atoms with Crippen molar-refractivity contribution >= 4 is 21.6 Å². The molecule has 2 aromatic rings. The summed E-state index contributed by atoms with van der Waals surface area (Å²) in [6.45, 7) is 2.37. The van der Waals surface area contributed by atoms with E-state index in [1.165, 1.54) is 10.6 Å². The first-order chi connectivity index (χ1) is 11.4. The number of nitrogens with zero attached hydrogens (tertiary/aromatic N) is 1. The van der Waals surface area contributed by atoms with Crippen LogP contribution in [0, 0.1) is 0 Å². The van der Waals surface area contributed by atoms with Gasteiger partial charge in [-0.15, -0.1) is 0 Å². The normalized spacial score (nSPS) is 15.0. The molecule has 0 fully saturated rings. The number of sulfonamides is 1. The van der Waals surface area contributed by atoms with E-state index in [9.17, 15) is 13.2 Å². The van der Waals surface area contributed by atoms with Crippen LogP contribution in [0.15, 0.2) is 48.5 Å². The van der Waals surface area contributed by atoms with Crippen molar-refractivity contribution in [3.63, 3.8) is 0 Å². The number of benzene rings is 2. The summed E-state index contributed by atoms with van der Waals surface area (Å²) in [4.78, 5) is 12.5. The molecule has 6 heteroatoms. The molecule has 0 radical (unpaired) electrons. The predicted molar refractivity (Wildman–Crippen MR) is 94.7 cm³/mol. The van der Waals surface area contributed by atoms with Crippen molar-refractivity contribution in [2.75, 3.05) is 17.1 Å². The number of fused-ring (bicyclic) bond motifs is 1. The highest BCUT2D eigenvalue weighted by Gasteiger charge is 2.26. The van der Waals surface area contributed by atoms with E-state index in [2.05, 4.69) is 5.32 Å². The van der Waals surface area contributed by atoms with Crippen molar-refractivity contribution in [1.82, 2.24) is 5.32 Å². The summed E-state index contributed by atoms with van der Waals surface area (Å²) >= 11 is 0. The minimum absolute atomic E-state index is 0.0977. The lowest BCUT2D eigenvalue weighted by Crippen LogP contribution is -2.28. The molecule has 0 aromatic heterocycles. The lowest BCUT2D eigenvalue weighted by molar-refractivity contribution is 0.0940. The zero-order valence-electron chi connectivity index (χ0n) is 13.7. The zero-order chi connectivity index (χ0) is 17.3. The lowest BCUT2D eigenvalue weighted by Gasteiger charge is -2.17. The predicted octanol–water partition coefficient (Wildman–Crippen LogP) is 2.50. The van der Waals surface area contributed by atoms with Gasteiger partial charge in [0, 0.05) is 12.1 Å². The fourth-order valence-corrected chi connectivity index (χ4v) is 3.92. The molecule has 0 aliphatic carbocycles. The molecular weight excluding hydrogens is 324 g/mol. The van der Waals surface area contributed by atoms with Gasteiger partial charge in [0.2, 0.25) is 10.0 Å². The number of hydrogen-bond acceptors (Lipinski definition) is 3. The third kappa shape index (κ3) is 3.28. The molecule has 126 valence electrons. The maximum absolute atomic E-state index is 12.5. The molecule has 1 aliphatic rings. The Bertz CT molecular complexity index is 863. The van der Waals surface area contributed by atoms with Gasteiger partial charge in [0.15, 0.2) is 0 Å². The van der Waals surface area contributed by atoms with Crippen molar-refractivity contribution in [3.05, 3.63) is 65.2 Å². The fourth-order valence-electron chi connectivity index (χ4n) is 2.96. The van der Waals surface area contributed by atoms with E-state index in [4.69, 9.17) is 0 Å². The van der Waals surface area contributed by atoms with Crippen LogP contribution in [0.2, 0.25) is 0 Å². The van der Waals surface area contributed by atoms with Crippen LogP contribution in [0.4, 0.5) is 5.69 Å². The quantitative estimate of drug-likeness (QED) is 0.927. The third-order valence-electron chi connectivity index (χ3n) is 4.24. The van der Waals surface area contributed by atoms with E-state index in [0.717, 1.165) is 11.1 Å². The summed E-state index contributed by atoms with van der Waals surface area (Å²) < 4.78 is 24.9. The number of carbonyl (C=O) groups excluding carboxylic acids is 1. The van der Waals surface area contributed by atoms with E-state index >= 15 is 0 Å². The summed E-state index contributed by atoms with van der Waals surface area (Å²) in [5.74, 6) is -0.160. The Morgan fingerprint density at radius 2 is 1.88 bits per heavy atom. The molecule has 5 nitrogen and oxygen atoms in total. The average molecular weight is 344 g/mol. The molecule has 24 heavy (non-hydrogen) atoms. The zero-order valence-corrected chi connectivity index (χ0v) is 14.5. The standard InChI is InChI=1S/C18H20N2O3S/c1-13(14-6-4-3-5-7-14)19-18(21)16-8-9-17-15(12-16)10-11-20(17)24(2,22)23/h3-9,12-13H,10-11H2,1-2H3,(H,19,21)/t13-/m1/s1. The Morgan fingerprint density at radius 3 is 2.54 bits per heavy atom. The van der Waals surface area contributed by atoms with Crippen LogP contribution in [0.1, 0.15) is 34.5 Å². The van der Waals surface area contributed by atoms with Crippen LogP contribution in [0.25, 0.3) is 0 Å². The Hall–Kier alpha value is -2.34. The average Bonchev–Trinajstić information content (AvgIpc) is 2.98. The van der Waals surface area contributed by atoms with Crippen molar-refractivity contribution in [1.29, 1.82) is 0 Å². The minimum atomic E-state index is -3.27. The number of rotatable bonds is 4. The van der Waals surface area contributed by atoms with Crippen LogP contribution < -0.4 is 9.62 Å². The van der Waals surface area contributed by atoms with E-state index in [-0.39, 0.29) is 11.9 Å². The Labute approximate surface area is 142 Å². The van der Waals surface area contributed by atoms with Gasteiger partial charge in [-0.3, -0.25) is 9.10 Å². The van der Waals surface area contributed by atoms with Gasteiger partial charge in [-0.05, 0) is 42.7 Å². The molecule has 0 spiro atoms. The lowest BCUT2D eigenvalue weighted by atomic mass is 10.1. The van der Waals surface area contributed by atoms with Crippen LogP contribution in [0.5, 0.6) is 0 Å². The molecule has 0 unspecified atom stereocenters. The molecule has 1 amide bonds. The molecule has 1 aliphatic heterocycles. The largest absolute Gasteiger partial charge is 0.346 e. The van der Waals surface area contributed by atoms with Crippen molar-refractivity contribution in [3.8, 4) is 0 Å². The third-order valence-corrected chi connectivity index (χ3v) is 5.42. The van der Waals surface area contributed by atoms with Crippen LogP contribution in [-0.2, 0) is 16.4 Å². The van der Waals surface area contributed by atoms with Gasteiger partial charge in [-0.25, -0.2) is 8.42 Å². The molecule has 1 atom stereocenters.